The van der Waals surface area contributed by atoms with E-state index in [1.165, 1.54) is 24.3 Å². The zero-order chi connectivity index (χ0) is 21.7. The van der Waals surface area contributed by atoms with Crippen LogP contribution in [0.2, 0.25) is 0 Å². The third-order valence-electron chi connectivity index (χ3n) is 3.96. The van der Waals surface area contributed by atoms with Crippen molar-refractivity contribution >= 4 is 21.8 Å². The second-order valence-corrected chi connectivity index (χ2v) is 8.21. The van der Waals surface area contributed by atoms with Crippen LogP contribution in [0.25, 0.3) is 11.5 Å². The predicted molar refractivity (Wildman–Crippen MR) is 110 cm³/mol. The van der Waals surface area contributed by atoms with E-state index < -0.39 is 15.7 Å². The first kappa shape index (κ1) is 21.3. The van der Waals surface area contributed by atoms with Gasteiger partial charge in [0.25, 0.3) is 5.91 Å². The summed E-state index contributed by atoms with van der Waals surface area (Å²) in [6.45, 7) is 4.70. The summed E-state index contributed by atoms with van der Waals surface area (Å²) in [6.07, 6.45) is 1.07. The highest BCUT2D eigenvalue weighted by Crippen LogP contribution is 2.32. The van der Waals surface area contributed by atoms with Crippen LogP contribution in [0.5, 0.6) is 11.5 Å². The minimum atomic E-state index is -3.43. The maximum absolute atomic E-state index is 12.4. The molecule has 0 radical (unpaired) electrons. The molecule has 0 bridgehead atoms. The smallest absolute Gasteiger partial charge is 0.322 e. The monoisotopic (exact) mass is 431 g/mol. The number of hydrogen-bond donors (Lipinski definition) is 1. The molecule has 1 aromatic heterocycles. The van der Waals surface area contributed by atoms with Gasteiger partial charge in [0.05, 0.1) is 18.1 Å². The number of hydrogen-bond acceptors (Lipinski definition) is 8. The van der Waals surface area contributed by atoms with E-state index in [1.54, 1.807) is 18.2 Å². The van der Waals surface area contributed by atoms with Crippen molar-refractivity contribution < 1.29 is 27.1 Å². The molecule has 9 nitrogen and oxygen atoms in total. The second-order valence-electron chi connectivity index (χ2n) is 6.19. The minimum Gasteiger partial charge on any atom is -0.490 e. The molecule has 0 saturated heterocycles. The largest absolute Gasteiger partial charge is 0.490 e. The molecule has 0 atom stereocenters. The zero-order valence-electron chi connectivity index (χ0n) is 16.7. The Kier molecular flexibility index (Phi) is 6.36. The Balaban J connectivity index is 1.80. The third kappa shape index (κ3) is 4.95. The van der Waals surface area contributed by atoms with Crippen molar-refractivity contribution in [3.63, 3.8) is 0 Å². The van der Waals surface area contributed by atoms with E-state index in [4.69, 9.17) is 13.9 Å². The van der Waals surface area contributed by atoms with E-state index in [-0.39, 0.29) is 22.4 Å². The first-order chi connectivity index (χ1) is 14.3. The molecule has 10 heteroatoms. The lowest BCUT2D eigenvalue weighted by Crippen LogP contribution is -2.13. The first-order valence-corrected chi connectivity index (χ1v) is 11.1. The number of ether oxygens (including phenoxy) is 2. The summed E-state index contributed by atoms with van der Waals surface area (Å²) in [4.78, 5) is 12.5. The third-order valence-corrected chi connectivity index (χ3v) is 5.07. The highest BCUT2D eigenvalue weighted by atomic mass is 32.2. The molecule has 0 aliphatic carbocycles. The lowest BCUT2D eigenvalue weighted by Gasteiger charge is -2.11. The van der Waals surface area contributed by atoms with Crippen molar-refractivity contribution in [1.82, 2.24) is 10.2 Å². The molecule has 158 valence electrons. The highest BCUT2D eigenvalue weighted by Gasteiger charge is 2.16. The Labute approximate surface area is 174 Å². The van der Waals surface area contributed by atoms with Crippen LogP contribution in [0, 0.1) is 0 Å². The number of aromatic nitrogens is 2. The number of sulfone groups is 1. The van der Waals surface area contributed by atoms with Crippen LogP contribution in [-0.4, -0.2) is 44.0 Å². The molecule has 0 saturated carbocycles. The van der Waals surface area contributed by atoms with Crippen LogP contribution in [0.15, 0.2) is 51.8 Å². The number of nitrogens with one attached hydrogen (secondary N) is 1. The molecule has 3 rings (SSSR count). The van der Waals surface area contributed by atoms with Gasteiger partial charge in [0, 0.05) is 17.4 Å². The van der Waals surface area contributed by atoms with E-state index in [1.807, 2.05) is 13.8 Å². The van der Waals surface area contributed by atoms with Gasteiger partial charge < -0.3 is 13.9 Å². The molecule has 0 unspecified atom stereocenters. The van der Waals surface area contributed by atoms with Crippen LogP contribution in [-0.2, 0) is 9.84 Å². The second kappa shape index (κ2) is 8.95. The first-order valence-electron chi connectivity index (χ1n) is 9.16. The van der Waals surface area contributed by atoms with Crippen LogP contribution in [0.4, 0.5) is 6.01 Å². The van der Waals surface area contributed by atoms with Gasteiger partial charge in [0.1, 0.15) is 0 Å². The maximum atomic E-state index is 12.4. The molecule has 0 fully saturated rings. The van der Waals surface area contributed by atoms with Crippen LogP contribution in [0.3, 0.4) is 0 Å². The Bertz CT molecular complexity index is 1160. The fourth-order valence-electron chi connectivity index (χ4n) is 2.61. The number of anilines is 1. The molecule has 0 aliphatic heterocycles. The maximum Gasteiger partial charge on any atom is 0.322 e. The Morgan fingerprint density at radius 1 is 1.03 bits per heavy atom. The van der Waals surface area contributed by atoms with Crippen molar-refractivity contribution in [1.29, 1.82) is 0 Å². The predicted octanol–water partition coefficient (Wildman–Crippen LogP) is 3.19. The molecular formula is C20H21N3O6S. The Morgan fingerprint density at radius 2 is 1.77 bits per heavy atom. The van der Waals surface area contributed by atoms with E-state index in [2.05, 4.69) is 15.5 Å². The van der Waals surface area contributed by atoms with Crippen LogP contribution >= 0.6 is 0 Å². The van der Waals surface area contributed by atoms with Crippen molar-refractivity contribution in [3.05, 3.63) is 48.0 Å². The molecule has 0 spiro atoms. The summed E-state index contributed by atoms with van der Waals surface area (Å²) in [7, 11) is -3.43. The van der Waals surface area contributed by atoms with Crippen molar-refractivity contribution in [2.24, 2.45) is 0 Å². The van der Waals surface area contributed by atoms with E-state index in [9.17, 15) is 13.2 Å². The SMILES string of the molecule is CCOc1ccc(-c2nnc(NC(=O)c3cccc(S(C)(=O)=O)c3)o2)cc1OCC. The van der Waals surface area contributed by atoms with Gasteiger partial charge in [0.2, 0.25) is 5.89 Å². The summed E-state index contributed by atoms with van der Waals surface area (Å²) in [5, 5.41) is 10.2. The van der Waals surface area contributed by atoms with Gasteiger partial charge in [-0.05, 0) is 50.2 Å². The highest BCUT2D eigenvalue weighted by molar-refractivity contribution is 7.90. The summed E-state index contributed by atoms with van der Waals surface area (Å²) in [6, 6.07) is 10.7. The summed E-state index contributed by atoms with van der Waals surface area (Å²) in [5.41, 5.74) is 0.742. The number of benzene rings is 2. The summed E-state index contributed by atoms with van der Waals surface area (Å²) >= 11 is 0. The number of carbonyl (C=O) groups is 1. The standard InChI is InChI=1S/C20H21N3O6S/c1-4-27-16-10-9-14(12-17(16)28-5-2)19-22-23-20(29-19)21-18(24)13-7-6-8-15(11-13)30(3,25)26/h6-12H,4-5H2,1-3H3,(H,21,23,24). The lowest BCUT2D eigenvalue weighted by molar-refractivity contribution is 0.102. The Morgan fingerprint density at radius 3 is 2.47 bits per heavy atom. The van der Waals surface area contributed by atoms with E-state index in [0.717, 1.165) is 6.26 Å². The van der Waals surface area contributed by atoms with Gasteiger partial charge in [-0.2, -0.15) is 0 Å². The number of nitrogens with zero attached hydrogens (tertiary/aromatic N) is 2. The molecular weight excluding hydrogens is 410 g/mol. The average Bonchev–Trinajstić information content (AvgIpc) is 3.17. The molecule has 0 aliphatic rings. The molecule has 1 amide bonds. The van der Waals surface area contributed by atoms with Crippen molar-refractivity contribution in [2.45, 2.75) is 18.7 Å². The summed E-state index contributed by atoms with van der Waals surface area (Å²) in [5.74, 6) is 0.747. The fraction of sp³-hybridized carbons (Fsp3) is 0.250. The quantitative estimate of drug-likeness (QED) is 0.577. The summed E-state index contributed by atoms with van der Waals surface area (Å²) < 4.78 is 40.0. The topological polar surface area (TPSA) is 121 Å². The van der Waals surface area contributed by atoms with Crippen molar-refractivity contribution in [3.8, 4) is 23.0 Å². The Hall–Kier alpha value is -3.40. The van der Waals surface area contributed by atoms with Crippen LogP contribution in [0.1, 0.15) is 24.2 Å². The normalized spacial score (nSPS) is 11.2. The molecule has 30 heavy (non-hydrogen) atoms. The fourth-order valence-corrected chi connectivity index (χ4v) is 3.28. The molecule has 2 aromatic carbocycles. The van der Waals surface area contributed by atoms with E-state index in [0.29, 0.717) is 30.3 Å². The van der Waals surface area contributed by atoms with Gasteiger partial charge >= 0.3 is 6.01 Å². The van der Waals surface area contributed by atoms with Crippen LogP contribution < -0.4 is 14.8 Å². The molecule has 3 aromatic rings. The van der Waals surface area contributed by atoms with Gasteiger partial charge in [-0.25, -0.2) is 8.42 Å². The van der Waals surface area contributed by atoms with Gasteiger partial charge in [-0.3, -0.25) is 10.1 Å². The van der Waals surface area contributed by atoms with Crippen molar-refractivity contribution in [2.75, 3.05) is 24.8 Å². The number of rotatable bonds is 8. The molecule has 1 heterocycles. The minimum absolute atomic E-state index is 0.0409. The molecule has 1 N–H and O–H groups in total. The lowest BCUT2D eigenvalue weighted by atomic mass is 10.2. The van der Waals surface area contributed by atoms with Gasteiger partial charge in [0.15, 0.2) is 21.3 Å². The van der Waals surface area contributed by atoms with Gasteiger partial charge in [-0.15, -0.1) is 5.10 Å². The zero-order valence-corrected chi connectivity index (χ0v) is 17.5. The van der Waals surface area contributed by atoms with E-state index >= 15 is 0 Å². The number of carbonyl (C=O) groups excluding carboxylic acids is 1. The van der Waals surface area contributed by atoms with Gasteiger partial charge in [-0.1, -0.05) is 11.2 Å². The number of amides is 1. The average molecular weight is 431 g/mol.